The van der Waals surface area contributed by atoms with Gasteiger partial charge >= 0.3 is 0 Å². The van der Waals surface area contributed by atoms with E-state index in [2.05, 4.69) is 41.6 Å². The Morgan fingerprint density at radius 3 is 2.60 bits per heavy atom. The molecule has 3 aromatic rings. The van der Waals surface area contributed by atoms with E-state index in [9.17, 15) is 0 Å². The lowest BCUT2D eigenvalue weighted by Crippen LogP contribution is -2.16. The minimum absolute atomic E-state index is 0.520. The molecule has 0 atom stereocenters. The smallest absolute Gasteiger partial charge is 0.144 e. The van der Waals surface area contributed by atoms with Crippen LogP contribution in [0.25, 0.3) is 10.9 Å². The van der Waals surface area contributed by atoms with Crippen molar-refractivity contribution in [2.75, 3.05) is 23.7 Å². The number of nitrogens with one attached hydrogen (secondary N) is 2. The van der Waals surface area contributed by atoms with Crippen LogP contribution >= 0.6 is 23.2 Å². The number of aryl methyl sites for hydroxylation is 1. The van der Waals surface area contributed by atoms with Gasteiger partial charge in [0, 0.05) is 36.1 Å². The van der Waals surface area contributed by atoms with Crippen LogP contribution in [-0.4, -0.2) is 23.1 Å². The average molecular weight is 375 g/mol. The lowest BCUT2D eigenvalue weighted by Gasteiger charge is -2.16. The first-order chi connectivity index (χ1) is 12.1. The third-order valence-electron chi connectivity index (χ3n) is 4.10. The fourth-order valence-electron chi connectivity index (χ4n) is 2.84. The predicted octanol–water partition coefficient (Wildman–Crippen LogP) is 5.33. The van der Waals surface area contributed by atoms with Crippen molar-refractivity contribution in [3.05, 3.63) is 57.8 Å². The van der Waals surface area contributed by atoms with Gasteiger partial charge in [0.1, 0.15) is 5.82 Å². The van der Waals surface area contributed by atoms with Gasteiger partial charge < -0.3 is 10.6 Å². The number of hydrogen-bond acceptors (Lipinski definition) is 4. The zero-order valence-electron chi connectivity index (χ0n) is 14.2. The highest BCUT2D eigenvalue weighted by molar-refractivity contribution is 6.35. The summed E-state index contributed by atoms with van der Waals surface area (Å²) in [6.07, 6.45) is 2.49. The Labute approximate surface area is 157 Å². The molecule has 0 bridgehead atoms. The molecule has 0 saturated heterocycles. The first kappa shape index (κ1) is 17.8. The minimum atomic E-state index is 0.520. The normalized spacial score (nSPS) is 10.9. The number of aromatic nitrogens is 2. The molecule has 2 heterocycles. The number of anilines is 2. The zero-order chi connectivity index (χ0) is 17.8. The highest BCUT2D eigenvalue weighted by Gasteiger charge is 2.10. The third kappa shape index (κ3) is 3.97. The minimum Gasteiger partial charge on any atom is -0.382 e. The van der Waals surface area contributed by atoms with Crippen molar-refractivity contribution in [1.29, 1.82) is 0 Å². The third-order valence-corrected chi connectivity index (χ3v) is 4.59. The van der Waals surface area contributed by atoms with Gasteiger partial charge in [0.2, 0.25) is 0 Å². The van der Waals surface area contributed by atoms with Crippen molar-refractivity contribution in [2.45, 2.75) is 20.3 Å². The second kappa shape index (κ2) is 7.89. The second-order valence-corrected chi connectivity index (χ2v) is 6.61. The molecular formula is C19H20Cl2N4. The van der Waals surface area contributed by atoms with Crippen molar-refractivity contribution >= 4 is 45.6 Å². The molecule has 6 heteroatoms. The molecule has 0 unspecified atom stereocenters. The number of rotatable bonds is 6. The maximum Gasteiger partial charge on any atom is 0.144 e. The van der Waals surface area contributed by atoms with Gasteiger partial charge in [0.15, 0.2) is 0 Å². The Balaban J connectivity index is 1.73. The summed E-state index contributed by atoms with van der Waals surface area (Å²) in [4.78, 5) is 8.96. The summed E-state index contributed by atoms with van der Waals surface area (Å²) in [5, 5.41) is 8.94. The fraction of sp³-hybridized carbons (Fsp3) is 0.263. The van der Waals surface area contributed by atoms with Gasteiger partial charge in [-0.2, -0.15) is 0 Å². The van der Waals surface area contributed by atoms with Crippen molar-refractivity contribution in [2.24, 2.45) is 0 Å². The van der Waals surface area contributed by atoms with Gasteiger partial charge in [0.05, 0.1) is 15.6 Å². The Kier molecular flexibility index (Phi) is 5.61. The van der Waals surface area contributed by atoms with Gasteiger partial charge in [-0.1, -0.05) is 48.3 Å². The van der Waals surface area contributed by atoms with Crippen LogP contribution in [0.3, 0.4) is 0 Å². The largest absolute Gasteiger partial charge is 0.382 e. The molecule has 0 fully saturated rings. The number of hydrogen-bond donors (Lipinski definition) is 2. The van der Waals surface area contributed by atoms with E-state index in [1.807, 2.05) is 12.1 Å². The SMILES string of the molecule is CCc1nc2ccccc2c(NCCNc2ncc(Cl)cc2Cl)c1C. The van der Waals surface area contributed by atoms with Crippen molar-refractivity contribution in [3.63, 3.8) is 0 Å². The Morgan fingerprint density at radius 2 is 1.84 bits per heavy atom. The summed E-state index contributed by atoms with van der Waals surface area (Å²) < 4.78 is 0. The Morgan fingerprint density at radius 1 is 1.08 bits per heavy atom. The van der Waals surface area contributed by atoms with Gasteiger partial charge in [0.25, 0.3) is 0 Å². The monoisotopic (exact) mass is 374 g/mol. The molecule has 0 saturated carbocycles. The molecule has 130 valence electrons. The number of halogens is 2. The van der Waals surface area contributed by atoms with Gasteiger partial charge in [-0.05, 0) is 31.0 Å². The van der Waals surface area contributed by atoms with E-state index in [1.165, 1.54) is 5.56 Å². The molecule has 1 aromatic carbocycles. The van der Waals surface area contributed by atoms with E-state index in [4.69, 9.17) is 28.2 Å². The molecule has 0 spiro atoms. The first-order valence-corrected chi connectivity index (χ1v) is 9.02. The fourth-order valence-corrected chi connectivity index (χ4v) is 3.29. The first-order valence-electron chi connectivity index (χ1n) is 8.27. The van der Waals surface area contributed by atoms with E-state index in [1.54, 1.807) is 12.3 Å². The van der Waals surface area contributed by atoms with E-state index in [0.717, 1.165) is 35.2 Å². The molecule has 4 nitrogen and oxygen atoms in total. The summed E-state index contributed by atoms with van der Waals surface area (Å²) >= 11 is 12.0. The van der Waals surface area contributed by atoms with Gasteiger partial charge in [-0.3, -0.25) is 4.98 Å². The summed E-state index contributed by atoms with van der Waals surface area (Å²) in [5.74, 6) is 0.637. The molecule has 0 radical (unpaired) electrons. The number of fused-ring (bicyclic) bond motifs is 1. The lowest BCUT2D eigenvalue weighted by molar-refractivity contribution is 1.02. The van der Waals surface area contributed by atoms with Crippen LogP contribution in [0.1, 0.15) is 18.2 Å². The molecule has 2 aromatic heterocycles. The van der Waals surface area contributed by atoms with Gasteiger partial charge in [-0.15, -0.1) is 0 Å². The second-order valence-electron chi connectivity index (χ2n) is 5.77. The van der Waals surface area contributed by atoms with E-state index in [0.29, 0.717) is 22.4 Å². The van der Waals surface area contributed by atoms with Crippen LogP contribution < -0.4 is 10.6 Å². The highest BCUT2D eigenvalue weighted by atomic mass is 35.5. The highest BCUT2D eigenvalue weighted by Crippen LogP contribution is 2.28. The molecule has 3 rings (SSSR count). The van der Waals surface area contributed by atoms with Gasteiger partial charge in [-0.25, -0.2) is 4.98 Å². The standard InChI is InChI=1S/C19H20Cl2N4/c1-3-16-12(2)18(14-6-4-5-7-17(14)25-16)22-8-9-23-19-15(21)10-13(20)11-24-19/h4-7,10-11H,3,8-9H2,1-2H3,(H,22,25)(H,23,24). The zero-order valence-corrected chi connectivity index (χ0v) is 15.7. The summed E-state index contributed by atoms with van der Waals surface area (Å²) in [6, 6.07) is 9.89. The summed E-state index contributed by atoms with van der Waals surface area (Å²) in [6.45, 7) is 5.67. The molecule has 25 heavy (non-hydrogen) atoms. The average Bonchev–Trinajstić information content (AvgIpc) is 2.61. The van der Waals surface area contributed by atoms with E-state index in [-0.39, 0.29) is 0 Å². The van der Waals surface area contributed by atoms with E-state index < -0.39 is 0 Å². The molecular weight excluding hydrogens is 355 g/mol. The Hall–Kier alpha value is -2.04. The number of para-hydroxylation sites is 1. The number of nitrogens with zero attached hydrogens (tertiary/aromatic N) is 2. The van der Waals surface area contributed by atoms with Crippen LogP contribution in [0, 0.1) is 6.92 Å². The van der Waals surface area contributed by atoms with Crippen LogP contribution in [0.2, 0.25) is 10.0 Å². The predicted molar refractivity (Wildman–Crippen MR) is 107 cm³/mol. The van der Waals surface area contributed by atoms with Crippen LogP contribution in [0.4, 0.5) is 11.5 Å². The van der Waals surface area contributed by atoms with E-state index >= 15 is 0 Å². The Bertz CT molecular complexity index is 896. The summed E-state index contributed by atoms with van der Waals surface area (Å²) in [5.41, 5.74) is 4.47. The molecule has 0 aliphatic carbocycles. The van der Waals surface area contributed by atoms with Crippen molar-refractivity contribution in [1.82, 2.24) is 9.97 Å². The van der Waals surface area contributed by atoms with Crippen molar-refractivity contribution < 1.29 is 0 Å². The number of benzene rings is 1. The summed E-state index contributed by atoms with van der Waals surface area (Å²) in [7, 11) is 0. The van der Waals surface area contributed by atoms with Crippen LogP contribution in [0.5, 0.6) is 0 Å². The molecule has 0 aliphatic heterocycles. The molecule has 0 aliphatic rings. The quantitative estimate of drug-likeness (QED) is 0.572. The topological polar surface area (TPSA) is 49.8 Å². The molecule has 0 amide bonds. The van der Waals surface area contributed by atoms with Crippen LogP contribution in [0.15, 0.2) is 36.5 Å². The lowest BCUT2D eigenvalue weighted by atomic mass is 10.1. The maximum absolute atomic E-state index is 6.13. The van der Waals surface area contributed by atoms with Crippen LogP contribution in [-0.2, 0) is 6.42 Å². The molecule has 2 N–H and O–H groups in total. The van der Waals surface area contributed by atoms with Crippen molar-refractivity contribution in [3.8, 4) is 0 Å². The maximum atomic E-state index is 6.13. The number of pyridine rings is 2.